The standard InChI is InChI=1S/C21H20ClN3O2/c1-12-23-16-11-17(25-10-4-7-19(25)26)14-8-9-18(27-21(14)20(16)24-12)13-5-2-3-6-15(13)22/h2-3,5-6,11,18H,4,7-10H2,1H3,(H,23,24)/t18-/m0/s1. The zero-order valence-electron chi connectivity index (χ0n) is 15.1. The van der Waals surface area contributed by atoms with Crippen molar-refractivity contribution >= 4 is 34.2 Å². The summed E-state index contributed by atoms with van der Waals surface area (Å²) in [5, 5.41) is 0.714. The van der Waals surface area contributed by atoms with Crippen molar-refractivity contribution in [2.45, 2.75) is 38.7 Å². The number of carbonyl (C=O) groups excluding carboxylic acids is 1. The Balaban J connectivity index is 1.65. The molecule has 3 aromatic rings. The molecule has 27 heavy (non-hydrogen) atoms. The fourth-order valence-electron chi connectivity index (χ4n) is 4.21. The second-order valence-electron chi connectivity index (χ2n) is 7.24. The number of hydrogen-bond acceptors (Lipinski definition) is 3. The van der Waals surface area contributed by atoms with Crippen LogP contribution in [-0.4, -0.2) is 22.4 Å². The topological polar surface area (TPSA) is 58.2 Å². The Hall–Kier alpha value is -2.53. The number of fused-ring (bicyclic) bond motifs is 3. The summed E-state index contributed by atoms with van der Waals surface area (Å²) in [5.74, 6) is 1.80. The van der Waals surface area contributed by atoms with Gasteiger partial charge in [0.2, 0.25) is 5.91 Å². The van der Waals surface area contributed by atoms with Gasteiger partial charge < -0.3 is 14.6 Å². The van der Waals surface area contributed by atoms with Crippen LogP contribution in [0.3, 0.4) is 0 Å². The fourth-order valence-corrected chi connectivity index (χ4v) is 4.47. The van der Waals surface area contributed by atoms with Crippen LogP contribution in [0.5, 0.6) is 5.75 Å². The van der Waals surface area contributed by atoms with Crippen LogP contribution < -0.4 is 9.64 Å². The minimum atomic E-state index is -0.115. The van der Waals surface area contributed by atoms with Crippen molar-refractivity contribution in [2.24, 2.45) is 0 Å². The number of hydrogen-bond donors (Lipinski definition) is 1. The maximum atomic E-state index is 12.4. The van der Waals surface area contributed by atoms with E-state index in [2.05, 4.69) is 16.0 Å². The maximum absolute atomic E-state index is 12.4. The number of ether oxygens (including phenoxy) is 1. The van der Waals surface area contributed by atoms with Crippen molar-refractivity contribution in [1.82, 2.24) is 9.97 Å². The second-order valence-corrected chi connectivity index (χ2v) is 7.64. The third kappa shape index (κ3) is 2.69. The first-order chi connectivity index (χ1) is 13.1. The summed E-state index contributed by atoms with van der Waals surface area (Å²) < 4.78 is 6.46. The van der Waals surface area contributed by atoms with Crippen LogP contribution in [0.1, 0.15) is 42.3 Å². The largest absolute Gasteiger partial charge is 0.483 e. The van der Waals surface area contributed by atoms with Gasteiger partial charge in [-0.3, -0.25) is 4.79 Å². The monoisotopic (exact) mass is 381 g/mol. The van der Waals surface area contributed by atoms with Gasteiger partial charge in [0, 0.05) is 29.1 Å². The molecule has 0 radical (unpaired) electrons. The number of aromatic amines is 1. The van der Waals surface area contributed by atoms with Crippen LogP contribution in [0.15, 0.2) is 30.3 Å². The Morgan fingerprint density at radius 3 is 2.93 bits per heavy atom. The molecule has 1 aromatic heterocycles. The number of anilines is 1. The summed E-state index contributed by atoms with van der Waals surface area (Å²) in [7, 11) is 0. The van der Waals surface area contributed by atoms with E-state index in [0.29, 0.717) is 11.4 Å². The Morgan fingerprint density at radius 2 is 2.15 bits per heavy atom. The van der Waals surface area contributed by atoms with E-state index in [9.17, 15) is 4.79 Å². The van der Waals surface area contributed by atoms with Gasteiger partial charge in [-0.25, -0.2) is 4.98 Å². The lowest BCUT2D eigenvalue weighted by atomic mass is 9.95. The highest BCUT2D eigenvalue weighted by molar-refractivity contribution is 6.31. The van der Waals surface area contributed by atoms with Crippen LogP contribution in [0, 0.1) is 6.92 Å². The minimum absolute atomic E-state index is 0.115. The van der Waals surface area contributed by atoms with Crippen molar-refractivity contribution in [2.75, 3.05) is 11.4 Å². The van der Waals surface area contributed by atoms with Gasteiger partial charge in [0.15, 0.2) is 5.75 Å². The van der Waals surface area contributed by atoms with E-state index in [1.54, 1.807) is 0 Å². The van der Waals surface area contributed by atoms with Crippen LogP contribution in [-0.2, 0) is 11.2 Å². The van der Waals surface area contributed by atoms with Crippen molar-refractivity contribution in [3.63, 3.8) is 0 Å². The Morgan fingerprint density at radius 1 is 1.30 bits per heavy atom. The molecule has 5 rings (SSSR count). The van der Waals surface area contributed by atoms with Crippen LogP contribution >= 0.6 is 11.6 Å². The molecule has 2 aliphatic rings. The number of aromatic nitrogens is 2. The number of aryl methyl sites for hydroxylation is 1. The quantitative estimate of drug-likeness (QED) is 0.698. The second kappa shape index (κ2) is 6.27. The first-order valence-corrected chi connectivity index (χ1v) is 9.73. The van der Waals surface area contributed by atoms with Crippen LogP contribution in [0.25, 0.3) is 11.0 Å². The number of halogens is 1. The summed E-state index contributed by atoms with van der Waals surface area (Å²) in [6.45, 7) is 2.69. The molecule has 0 bridgehead atoms. The van der Waals surface area contributed by atoms with Gasteiger partial charge in [-0.15, -0.1) is 0 Å². The molecule has 3 heterocycles. The number of imidazole rings is 1. The summed E-state index contributed by atoms with van der Waals surface area (Å²) in [5.41, 5.74) is 4.76. The van der Waals surface area contributed by atoms with Crippen molar-refractivity contribution < 1.29 is 9.53 Å². The van der Waals surface area contributed by atoms with E-state index in [1.165, 1.54) is 0 Å². The highest BCUT2D eigenvalue weighted by atomic mass is 35.5. The van der Waals surface area contributed by atoms with Crippen molar-refractivity contribution in [1.29, 1.82) is 0 Å². The van der Waals surface area contributed by atoms with E-state index in [4.69, 9.17) is 16.3 Å². The Kier molecular flexibility index (Phi) is 3.86. The normalized spacial score (nSPS) is 19.4. The highest BCUT2D eigenvalue weighted by Crippen LogP contribution is 2.45. The number of benzene rings is 2. The first-order valence-electron chi connectivity index (χ1n) is 9.35. The number of amides is 1. The van der Waals surface area contributed by atoms with Gasteiger partial charge in [0.1, 0.15) is 17.4 Å². The average Bonchev–Trinajstić information content (AvgIpc) is 3.25. The molecular formula is C21H20ClN3O2. The van der Waals surface area contributed by atoms with Gasteiger partial charge in [-0.05, 0) is 38.3 Å². The molecule has 2 aliphatic heterocycles. The molecule has 0 aliphatic carbocycles. The zero-order chi connectivity index (χ0) is 18.5. The molecule has 0 unspecified atom stereocenters. The van der Waals surface area contributed by atoms with Crippen LogP contribution in [0.2, 0.25) is 5.02 Å². The molecule has 6 heteroatoms. The molecule has 0 spiro atoms. The SMILES string of the molecule is Cc1nc2c3c(c(N4CCCC4=O)cc2[nH]1)CC[C@@H](c1ccccc1Cl)O3. The Labute approximate surface area is 162 Å². The minimum Gasteiger partial charge on any atom is -0.483 e. The molecule has 5 nitrogen and oxygen atoms in total. The van der Waals surface area contributed by atoms with Crippen molar-refractivity contribution in [3.8, 4) is 5.75 Å². The Bertz CT molecular complexity index is 1060. The number of H-pyrrole nitrogens is 1. The van der Waals surface area contributed by atoms with E-state index in [1.807, 2.05) is 36.1 Å². The summed E-state index contributed by atoms with van der Waals surface area (Å²) >= 11 is 6.41. The van der Waals surface area contributed by atoms with Crippen LogP contribution in [0.4, 0.5) is 5.69 Å². The number of nitrogens with zero attached hydrogens (tertiary/aromatic N) is 2. The van der Waals surface area contributed by atoms with Gasteiger partial charge in [0.05, 0.1) is 11.2 Å². The summed E-state index contributed by atoms with van der Waals surface area (Å²) in [6, 6.07) is 9.86. The van der Waals surface area contributed by atoms with Gasteiger partial charge >= 0.3 is 0 Å². The molecule has 1 N–H and O–H groups in total. The highest BCUT2D eigenvalue weighted by Gasteiger charge is 2.32. The number of carbonyl (C=O) groups is 1. The average molecular weight is 382 g/mol. The predicted molar refractivity (Wildman–Crippen MR) is 106 cm³/mol. The predicted octanol–water partition coefficient (Wildman–Crippen LogP) is 4.72. The smallest absolute Gasteiger partial charge is 0.227 e. The molecule has 0 saturated carbocycles. The summed E-state index contributed by atoms with van der Waals surface area (Å²) in [6.07, 6.45) is 3.04. The zero-order valence-corrected chi connectivity index (χ0v) is 15.8. The van der Waals surface area contributed by atoms with Gasteiger partial charge in [-0.1, -0.05) is 29.8 Å². The van der Waals surface area contributed by atoms with E-state index in [-0.39, 0.29) is 12.0 Å². The van der Waals surface area contributed by atoms with E-state index >= 15 is 0 Å². The van der Waals surface area contributed by atoms with E-state index < -0.39 is 0 Å². The van der Waals surface area contributed by atoms with Gasteiger partial charge in [0.25, 0.3) is 0 Å². The molecule has 2 aromatic carbocycles. The van der Waals surface area contributed by atoms with Crippen molar-refractivity contribution in [3.05, 3.63) is 52.3 Å². The number of nitrogens with one attached hydrogen (secondary N) is 1. The first kappa shape index (κ1) is 16.6. The molecule has 138 valence electrons. The maximum Gasteiger partial charge on any atom is 0.227 e. The lowest BCUT2D eigenvalue weighted by molar-refractivity contribution is -0.117. The third-order valence-electron chi connectivity index (χ3n) is 5.46. The molecule has 1 atom stereocenters. The fraction of sp³-hybridized carbons (Fsp3) is 0.333. The lowest BCUT2D eigenvalue weighted by Crippen LogP contribution is -2.26. The molecule has 1 saturated heterocycles. The van der Waals surface area contributed by atoms with Gasteiger partial charge in [-0.2, -0.15) is 0 Å². The number of rotatable bonds is 2. The third-order valence-corrected chi connectivity index (χ3v) is 5.81. The summed E-state index contributed by atoms with van der Waals surface area (Å²) in [4.78, 5) is 22.2. The molecule has 1 fully saturated rings. The molecule has 1 amide bonds. The lowest BCUT2D eigenvalue weighted by Gasteiger charge is -2.30. The molecular weight excluding hydrogens is 362 g/mol. The van der Waals surface area contributed by atoms with E-state index in [0.717, 1.165) is 65.2 Å².